The largest absolute Gasteiger partial charge is 0.369 e. The van der Waals surface area contributed by atoms with E-state index in [1.807, 2.05) is 0 Å². The van der Waals surface area contributed by atoms with Crippen molar-refractivity contribution in [2.75, 3.05) is 0 Å². The molecule has 2 aliphatic carbocycles. The first-order valence-electron chi connectivity index (χ1n) is 5.84. The Balaban J connectivity index is 2.44. The Kier molecular flexibility index (Phi) is 2.21. The van der Waals surface area contributed by atoms with Crippen molar-refractivity contribution in [3.8, 4) is 0 Å². The first kappa shape index (κ1) is 10.7. The van der Waals surface area contributed by atoms with Gasteiger partial charge in [0.25, 0.3) is 0 Å². The molecule has 1 saturated carbocycles. The normalized spacial score (nSPS) is 44.7. The molecule has 0 aromatic rings. The molecule has 3 unspecified atom stereocenters. The van der Waals surface area contributed by atoms with Gasteiger partial charge in [0, 0.05) is 0 Å². The predicted molar refractivity (Wildman–Crippen MR) is 61.1 cm³/mol. The van der Waals surface area contributed by atoms with Crippen LogP contribution in [0.25, 0.3) is 0 Å². The summed E-state index contributed by atoms with van der Waals surface area (Å²) in [5.41, 5.74) is 6.91. The van der Waals surface area contributed by atoms with Gasteiger partial charge in [-0.2, -0.15) is 0 Å². The van der Waals surface area contributed by atoms with Crippen LogP contribution in [0.3, 0.4) is 0 Å². The third-order valence-corrected chi connectivity index (χ3v) is 4.02. The van der Waals surface area contributed by atoms with Crippen molar-refractivity contribution in [3.63, 3.8) is 0 Å². The van der Waals surface area contributed by atoms with E-state index in [-0.39, 0.29) is 11.3 Å². The van der Waals surface area contributed by atoms with Crippen molar-refractivity contribution < 1.29 is 4.79 Å². The summed E-state index contributed by atoms with van der Waals surface area (Å²) in [6, 6.07) is 0. The zero-order chi connectivity index (χ0) is 11.3. The molecule has 1 fully saturated rings. The van der Waals surface area contributed by atoms with Crippen LogP contribution in [0.2, 0.25) is 0 Å². The van der Waals surface area contributed by atoms with Crippen molar-refractivity contribution in [2.45, 2.75) is 46.5 Å². The highest BCUT2D eigenvalue weighted by atomic mass is 16.1. The average Bonchev–Trinajstić information content (AvgIpc) is 1.97. The number of amides is 1. The van der Waals surface area contributed by atoms with Gasteiger partial charge in [-0.3, -0.25) is 4.79 Å². The summed E-state index contributed by atoms with van der Waals surface area (Å²) >= 11 is 0. The number of allylic oxidation sites excluding steroid dienone is 1. The van der Waals surface area contributed by atoms with Crippen LogP contribution in [0.4, 0.5) is 0 Å². The molecule has 0 spiro atoms. The average molecular weight is 207 g/mol. The van der Waals surface area contributed by atoms with Crippen LogP contribution >= 0.6 is 0 Å². The van der Waals surface area contributed by atoms with Gasteiger partial charge in [-0.15, -0.1) is 0 Å². The number of carbonyl (C=O) groups is 1. The van der Waals surface area contributed by atoms with Crippen LogP contribution in [0.5, 0.6) is 0 Å². The zero-order valence-electron chi connectivity index (χ0n) is 9.97. The lowest BCUT2D eigenvalue weighted by Gasteiger charge is -2.50. The molecule has 0 radical (unpaired) electrons. The Morgan fingerprint density at radius 1 is 1.53 bits per heavy atom. The molecule has 2 bridgehead atoms. The molecule has 0 saturated heterocycles. The molecule has 2 nitrogen and oxygen atoms in total. The van der Waals surface area contributed by atoms with Crippen LogP contribution in [0.1, 0.15) is 46.5 Å². The third-order valence-electron chi connectivity index (χ3n) is 4.02. The smallest absolute Gasteiger partial charge is 0.227 e. The second-order valence-corrected chi connectivity index (χ2v) is 6.19. The van der Waals surface area contributed by atoms with Gasteiger partial charge in [-0.25, -0.2) is 0 Å². The SMILES string of the molecule is CC1=CC2(C(N)=O)CC(C)CC(C)(C1)C2. The minimum atomic E-state index is -0.339. The number of rotatable bonds is 1. The van der Waals surface area contributed by atoms with Crippen molar-refractivity contribution >= 4 is 5.91 Å². The second-order valence-electron chi connectivity index (χ2n) is 6.19. The van der Waals surface area contributed by atoms with E-state index in [1.165, 1.54) is 12.0 Å². The molecule has 84 valence electrons. The van der Waals surface area contributed by atoms with Crippen molar-refractivity contribution in [1.29, 1.82) is 0 Å². The van der Waals surface area contributed by atoms with E-state index in [0.717, 1.165) is 19.3 Å². The van der Waals surface area contributed by atoms with E-state index in [4.69, 9.17) is 5.73 Å². The number of carbonyl (C=O) groups excluding carboxylic acids is 1. The van der Waals surface area contributed by atoms with Gasteiger partial charge in [-0.1, -0.05) is 25.5 Å². The van der Waals surface area contributed by atoms with Crippen LogP contribution in [-0.2, 0) is 4.79 Å². The van der Waals surface area contributed by atoms with Crippen LogP contribution in [0, 0.1) is 16.7 Å². The predicted octanol–water partition coefficient (Wildman–Crippen LogP) is 2.63. The maximum absolute atomic E-state index is 11.7. The summed E-state index contributed by atoms with van der Waals surface area (Å²) in [6.07, 6.45) is 6.40. The Morgan fingerprint density at radius 2 is 2.20 bits per heavy atom. The number of nitrogens with two attached hydrogens (primary N) is 1. The van der Waals surface area contributed by atoms with Crippen molar-refractivity contribution in [1.82, 2.24) is 0 Å². The highest BCUT2D eigenvalue weighted by Crippen LogP contribution is 2.55. The highest BCUT2D eigenvalue weighted by Gasteiger charge is 2.49. The molecule has 0 aliphatic heterocycles. The van der Waals surface area contributed by atoms with E-state index < -0.39 is 0 Å². The van der Waals surface area contributed by atoms with Gasteiger partial charge < -0.3 is 5.73 Å². The topological polar surface area (TPSA) is 43.1 Å². The molecular formula is C13H21NO. The monoisotopic (exact) mass is 207 g/mol. The van der Waals surface area contributed by atoms with Crippen molar-refractivity contribution in [2.24, 2.45) is 22.5 Å². The number of hydrogen-bond acceptors (Lipinski definition) is 1. The molecule has 0 aromatic carbocycles. The summed E-state index contributed by atoms with van der Waals surface area (Å²) < 4.78 is 0. The fraction of sp³-hybridized carbons (Fsp3) is 0.769. The maximum Gasteiger partial charge on any atom is 0.227 e. The third kappa shape index (κ3) is 1.70. The molecule has 2 aliphatic rings. The Hall–Kier alpha value is -0.790. The molecule has 2 heteroatoms. The molecular weight excluding hydrogens is 186 g/mol. The molecule has 15 heavy (non-hydrogen) atoms. The summed E-state index contributed by atoms with van der Waals surface area (Å²) in [6.45, 7) is 6.67. The van der Waals surface area contributed by atoms with Gasteiger partial charge >= 0.3 is 0 Å². The molecule has 3 atom stereocenters. The van der Waals surface area contributed by atoms with E-state index >= 15 is 0 Å². The Bertz CT molecular complexity index is 333. The minimum Gasteiger partial charge on any atom is -0.369 e. The standard InChI is InChI=1S/C13H21NO/c1-9-4-12(3)5-10(2)7-13(6-9,8-12)11(14)15/h6,10H,4-5,7-8H2,1-3H3,(H2,14,15). The molecule has 0 aromatic heterocycles. The molecule has 2 N–H and O–H groups in total. The number of fused-ring (bicyclic) bond motifs is 2. The fourth-order valence-electron chi connectivity index (χ4n) is 4.14. The van der Waals surface area contributed by atoms with Crippen LogP contribution < -0.4 is 5.73 Å². The van der Waals surface area contributed by atoms with E-state index in [9.17, 15) is 4.79 Å². The van der Waals surface area contributed by atoms with E-state index in [0.29, 0.717) is 11.3 Å². The van der Waals surface area contributed by atoms with Crippen LogP contribution in [0.15, 0.2) is 11.6 Å². The quantitative estimate of drug-likeness (QED) is 0.660. The lowest BCUT2D eigenvalue weighted by molar-refractivity contribution is -0.130. The van der Waals surface area contributed by atoms with Gasteiger partial charge in [-0.05, 0) is 43.9 Å². The van der Waals surface area contributed by atoms with Gasteiger partial charge in [0.1, 0.15) is 0 Å². The summed E-state index contributed by atoms with van der Waals surface area (Å²) in [4.78, 5) is 11.7. The number of hydrogen-bond donors (Lipinski definition) is 1. The second kappa shape index (κ2) is 3.10. The van der Waals surface area contributed by atoms with Crippen molar-refractivity contribution in [3.05, 3.63) is 11.6 Å². The first-order valence-corrected chi connectivity index (χ1v) is 5.84. The van der Waals surface area contributed by atoms with E-state index in [1.54, 1.807) is 0 Å². The van der Waals surface area contributed by atoms with E-state index in [2.05, 4.69) is 26.8 Å². The summed E-state index contributed by atoms with van der Waals surface area (Å²) in [7, 11) is 0. The highest BCUT2D eigenvalue weighted by molar-refractivity contribution is 5.83. The first-order chi connectivity index (χ1) is 6.85. The van der Waals surface area contributed by atoms with Crippen LogP contribution in [-0.4, -0.2) is 5.91 Å². The van der Waals surface area contributed by atoms with Gasteiger partial charge in [0.15, 0.2) is 0 Å². The summed E-state index contributed by atoms with van der Waals surface area (Å²) in [5, 5.41) is 0. The van der Waals surface area contributed by atoms with Gasteiger partial charge in [0.2, 0.25) is 5.91 Å². The van der Waals surface area contributed by atoms with Gasteiger partial charge in [0.05, 0.1) is 5.41 Å². The molecule has 1 amide bonds. The minimum absolute atomic E-state index is 0.126. The molecule has 0 heterocycles. The lowest BCUT2D eigenvalue weighted by Crippen LogP contribution is -2.47. The summed E-state index contributed by atoms with van der Waals surface area (Å²) in [5.74, 6) is 0.486. The molecule has 2 rings (SSSR count). The zero-order valence-corrected chi connectivity index (χ0v) is 9.97. The lowest BCUT2D eigenvalue weighted by atomic mass is 9.54. The fourth-order valence-corrected chi connectivity index (χ4v) is 4.14. The maximum atomic E-state index is 11.7. The number of primary amides is 1. The Morgan fingerprint density at radius 3 is 2.80 bits per heavy atom. The Labute approximate surface area is 91.9 Å².